The van der Waals surface area contributed by atoms with Crippen molar-refractivity contribution in [3.05, 3.63) is 33.9 Å². The van der Waals surface area contributed by atoms with Gasteiger partial charge in [-0.25, -0.2) is 0 Å². The minimum atomic E-state index is -0.381. The number of benzene rings is 1. The molecule has 0 spiro atoms. The second kappa shape index (κ2) is 6.96. The highest BCUT2D eigenvalue weighted by atomic mass is 16.6. The van der Waals surface area contributed by atoms with Crippen LogP contribution >= 0.6 is 0 Å². The molecule has 3 N–H and O–H groups in total. The number of rotatable bonds is 7. The molecule has 0 bridgehead atoms. The summed E-state index contributed by atoms with van der Waals surface area (Å²) >= 11 is 0. The van der Waals surface area contributed by atoms with Crippen molar-refractivity contribution in [3.63, 3.8) is 0 Å². The van der Waals surface area contributed by atoms with Gasteiger partial charge in [0.05, 0.1) is 4.92 Å². The molecule has 0 amide bonds. The van der Waals surface area contributed by atoms with E-state index in [1.807, 2.05) is 6.92 Å². The molecule has 5 nitrogen and oxygen atoms in total. The van der Waals surface area contributed by atoms with Gasteiger partial charge >= 0.3 is 0 Å². The Kier molecular flexibility index (Phi) is 5.58. The third kappa shape index (κ3) is 4.00. The number of anilines is 1. The average molecular weight is 251 g/mol. The van der Waals surface area contributed by atoms with Crippen molar-refractivity contribution in [2.45, 2.75) is 39.2 Å². The maximum atomic E-state index is 10.6. The van der Waals surface area contributed by atoms with Crippen LogP contribution in [0.5, 0.6) is 0 Å². The van der Waals surface area contributed by atoms with Crippen LogP contribution in [0.15, 0.2) is 18.2 Å². The first-order valence-corrected chi connectivity index (χ1v) is 6.30. The van der Waals surface area contributed by atoms with Gasteiger partial charge in [-0.1, -0.05) is 19.8 Å². The predicted octanol–water partition coefficient (Wildman–Crippen LogP) is 2.83. The van der Waals surface area contributed by atoms with Gasteiger partial charge in [0, 0.05) is 30.4 Å². The lowest BCUT2D eigenvalue weighted by molar-refractivity contribution is -0.384. The summed E-state index contributed by atoms with van der Waals surface area (Å²) in [4.78, 5) is 10.3. The van der Waals surface area contributed by atoms with Gasteiger partial charge in [0.1, 0.15) is 0 Å². The van der Waals surface area contributed by atoms with Crippen molar-refractivity contribution in [1.82, 2.24) is 0 Å². The van der Waals surface area contributed by atoms with Gasteiger partial charge in [0.2, 0.25) is 0 Å². The highest BCUT2D eigenvalue weighted by molar-refractivity contribution is 5.55. The van der Waals surface area contributed by atoms with Crippen molar-refractivity contribution in [2.75, 3.05) is 11.9 Å². The third-order valence-electron chi connectivity index (χ3n) is 2.97. The predicted molar refractivity (Wildman–Crippen MR) is 73.8 cm³/mol. The summed E-state index contributed by atoms with van der Waals surface area (Å²) in [5.74, 6) is 0. The first kappa shape index (κ1) is 14.4. The minimum absolute atomic E-state index is 0.121. The number of non-ortho nitro benzene ring substituents is 1. The Hall–Kier alpha value is -1.62. The SMILES string of the molecule is CCCCC(CN)Nc1ccc([N+](=O)[O-])cc1C. The molecule has 0 aliphatic carbocycles. The maximum absolute atomic E-state index is 10.6. The molecule has 0 aromatic heterocycles. The first-order valence-electron chi connectivity index (χ1n) is 6.30. The van der Waals surface area contributed by atoms with Crippen LogP contribution in [0.3, 0.4) is 0 Å². The van der Waals surface area contributed by atoms with Crippen LogP contribution < -0.4 is 11.1 Å². The molecule has 0 fully saturated rings. The zero-order valence-electron chi connectivity index (χ0n) is 11.0. The smallest absolute Gasteiger partial charge is 0.269 e. The number of hydrogen-bond donors (Lipinski definition) is 2. The average Bonchev–Trinajstić information content (AvgIpc) is 2.35. The standard InChI is InChI=1S/C13H21N3O2/c1-3-4-5-11(9-14)15-13-7-6-12(16(17)18)8-10(13)2/h6-8,11,15H,3-5,9,14H2,1-2H3. The summed E-state index contributed by atoms with van der Waals surface area (Å²) in [6.07, 6.45) is 3.28. The number of nitro groups is 1. The largest absolute Gasteiger partial charge is 0.381 e. The van der Waals surface area contributed by atoms with E-state index in [2.05, 4.69) is 12.2 Å². The molecule has 0 aliphatic rings. The van der Waals surface area contributed by atoms with E-state index in [0.717, 1.165) is 30.5 Å². The topological polar surface area (TPSA) is 81.2 Å². The minimum Gasteiger partial charge on any atom is -0.381 e. The molecule has 0 heterocycles. The molecule has 0 saturated heterocycles. The van der Waals surface area contributed by atoms with Crippen molar-refractivity contribution in [2.24, 2.45) is 5.73 Å². The van der Waals surface area contributed by atoms with Crippen molar-refractivity contribution >= 4 is 11.4 Å². The highest BCUT2D eigenvalue weighted by Gasteiger charge is 2.11. The Labute approximate surface area is 108 Å². The van der Waals surface area contributed by atoms with Crippen LogP contribution in [0, 0.1) is 17.0 Å². The van der Waals surface area contributed by atoms with Crippen LogP contribution in [0.1, 0.15) is 31.7 Å². The van der Waals surface area contributed by atoms with Crippen LogP contribution in [0.25, 0.3) is 0 Å². The fourth-order valence-electron chi connectivity index (χ4n) is 1.84. The second-order valence-corrected chi connectivity index (χ2v) is 4.48. The van der Waals surface area contributed by atoms with Crippen LogP contribution in [-0.4, -0.2) is 17.5 Å². The normalized spacial score (nSPS) is 12.2. The van der Waals surface area contributed by atoms with Crippen molar-refractivity contribution in [1.29, 1.82) is 0 Å². The Morgan fingerprint density at radius 1 is 1.50 bits per heavy atom. The van der Waals surface area contributed by atoms with E-state index in [1.165, 1.54) is 6.07 Å². The summed E-state index contributed by atoms with van der Waals surface area (Å²) in [5.41, 5.74) is 7.64. The quantitative estimate of drug-likeness (QED) is 0.576. The Morgan fingerprint density at radius 3 is 2.72 bits per heavy atom. The molecule has 0 aliphatic heterocycles. The summed E-state index contributed by atoms with van der Waals surface area (Å²) in [7, 11) is 0. The maximum Gasteiger partial charge on any atom is 0.269 e. The number of nitrogens with one attached hydrogen (secondary N) is 1. The molecular weight excluding hydrogens is 230 g/mol. The molecule has 100 valence electrons. The van der Waals surface area contributed by atoms with Crippen molar-refractivity contribution in [3.8, 4) is 0 Å². The van der Waals surface area contributed by atoms with Crippen LogP contribution in [0.4, 0.5) is 11.4 Å². The van der Waals surface area contributed by atoms with Gasteiger partial charge in [0.15, 0.2) is 0 Å². The fraction of sp³-hybridized carbons (Fsp3) is 0.538. The van der Waals surface area contributed by atoms with Crippen LogP contribution in [0.2, 0.25) is 0 Å². The lowest BCUT2D eigenvalue weighted by Gasteiger charge is -2.19. The number of nitrogens with two attached hydrogens (primary N) is 1. The molecule has 0 saturated carbocycles. The summed E-state index contributed by atoms with van der Waals surface area (Å²) in [6.45, 7) is 4.57. The van der Waals surface area contributed by atoms with Gasteiger partial charge < -0.3 is 11.1 Å². The molecule has 5 heteroatoms. The third-order valence-corrected chi connectivity index (χ3v) is 2.97. The molecule has 0 radical (unpaired) electrons. The molecule has 18 heavy (non-hydrogen) atoms. The van der Waals surface area contributed by atoms with E-state index < -0.39 is 0 Å². The molecule has 1 aromatic carbocycles. The monoisotopic (exact) mass is 251 g/mol. The van der Waals surface area contributed by atoms with Crippen LogP contribution in [-0.2, 0) is 0 Å². The van der Waals surface area contributed by atoms with Gasteiger partial charge in [-0.2, -0.15) is 0 Å². The number of hydrogen-bond acceptors (Lipinski definition) is 4. The Morgan fingerprint density at radius 2 is 2.22 bits per heavy atom. The van der Waals surface area contributed by atoms with E-state index in [9.17, 15) is 10.1 Å². The summed E-state index contributed by atoms with van der Waals surface area (Å²) in [6, 6.07) is 5.07. The van der Waals surface area contributed by atoms with Gasteiger partial charge in [-0.3, -0.25) is 10.1 Å². The van der Waals surface area contributed by atoms with Gasteiger partial charge in [0.25, 0.3) is 5.69 Å². The van der Waals surface area contributed by atoms with Crippen molar-refractivity contribution < 1.29 is 4.92 Å². The van der Waals surface area contributed by atoms with E-state index in [1.54, 1.807) is 12.1 Å². The van der Waals surface area contributed by atoms with Gasteiger partial charge in [-0.15, -0.1) is 0 Å². The zero-order valence-corrected chi connectivity index (χ0v) is 11.0. The number of unbranched alkanes of at least 4 members (excludes halogenated alkanes) is 1. The molecule has 1 aromatic rings. The number of nitro benzene ring substituents is 1. The molecule has 1 rings (SSSR count). The Bertz CT molecular complexity index is 407. The molecule has 1 atom stereocenters. The number of aryl methyl sites for hydroxylation is 1. The van der Waals surface area contributed by atoms with E-state index >= 15 is 0 Å². The Balaban J connectivity index is 2.74. The lowest BCUT2D eigenvalue weighted by atomic mass is 10.1. The lowest BCUT2D eigenvalue weighted by Crippen LogP contribution is -2.29. The summed E-state index contributed by atoms with van der Waals surface area (Å²) in [5, 5.41) is 14.0. The van der Waals surface area contributed by atoms with E-state index in [4.69, 9.17) is 5.73 Å². The zero-order chi connectivity index (χ0) is 13.5. The molecule has 1 unspecified atom stereocenters. The second-order valence-electron chi connectivity index (χ2n) is 4.48. The fourth-order valence-corrected chi connectivity index (χ4v) is 1.84. The summed E-state index contributed by atoms with van der Waals surface area (Å²) < 4.78 is 0. The first-order chi connectivity index (χ1) is 8.58. The highest BCUT2D eigenvalue weighted by Crippen LogP contribution is 2.22. The molecular formula is C13H21N3O2. The van der Waals surface area contributed by atoms with Gasteiger partial charge in [-0.05, 0) is 25.0 Å². The van der Waals surface area contributed by atoms with E-state index in [0.29, 0.717) is 6.54 Å². The van der Waals surface area contributed by atoms with E-state index in [-0.39, 0.29) is 16.7 Å². The number of nitrogens with zero attached hydrogens (tertiary/aromatic N) is 1.